The van der Waals surface area contributed by atoms with Gasteiger partial charge in [-0.25, -0.2) is 0 Å². The smallest absolute Gasteiger partial charge is 0.193 e. The summed E-state index contributed by atoms with van der Waals surface area (Å²) in [5.74, 6) is -0.0635. The van der Waals surface area contributed by atoms with Gasteiger partial charge in [0.1, 0.15) is 11.4 Å². The predicted octanol–water partition coefficient (Wildman–Crippen LogP) is 8.20. The second kappa shape index (κ2) is 16.4. The van der Waals surface area contributed by atoms with Crippen LogP contribution in [0.25, 0.3) is 12.2 Å². The number of nitrogens with zero attached hydrogens (tertiary/aromatic N) is 2. The molecule has 2 atom stereocenters. The van der Waals surface area contributed by atoms with Gasteiger partial charge in [-0.15, -0.1) is 0 Å². The van der Waals surface area contributed by atoms with E-state index in [1.165, 1.54) is 0 Å². The van der Waals surface area contributed by atoms with Crippen LogP contribution in [0.2, 0.25) is 0 Å². The molecule has 240 valence electrons. The Kier molecular flexibility index (Phi) is 12.4. The van der Waals surface area contributed by atoms with Gasteiger partial charge in [-0.3, -0.25) is 14.6 Å². The van der Waals surface area contributed by atoms with E-state index < -0.39 is 11.4 Å². The van der Waals surface area contributed by atoms with Crippen LogP contribution in [-0.4, -0.2) is 68.4 Å². The molecule has 0 saturated carbocycles. The largest absolute Gasteiger partial charge is 0.357 e. The van der Waals surface area contributed by atoms with Crippen molar-refractivity contribution in [3.8, 4) is 0 Å². The minimum absolute atomic E-state index is 0.0635. The van der Waals surface area contributed by atoms with Gasteiger partial charge in [0.25, 0.3) is 0 Å². The first-order valence-corrected chi connectivity index (χ1v) is 16.1. The molecule has 0 N–H and O–H groups in total. The summed E-state index contributed by atoms with van der Waals surface area (Å²) in [5.41, 5.74) is 4.17. The normalized spacial score (nSPS) is 22.3. The highest BCUT2D eigenvalue weighted by molar-refractivity contribution is 6.13. The van der Waals surface area contributed by atoms with Gasteiger partial charge in [0.05, 0.1) is 0 Å². The molecule has 0 fully saturated rings. The Balaban J connectivity index is 1.75. The van der Waals surface area contributed by atoms with Gasteiger partial charge < -0.3 is 9.47 Å². The lowest BCUT2D eigenvalue weighted by Gasteiger charge is -2.38. The van der Waals surface area contributed by atoms with Crippen LogP contribution in [-0.2, 0) is 14.3 Å². The molecule has 4 rings (SSSR count). The van der Waals surface area contributed by atoms with Crippen molar-refractivity contribution in [2.45, 2.75) is 38.1 Å². The van der Waals surface area contributed by atoms with E-state index in [1.54, 1.807) is 0 Å². The van der Waals surface area contributed by atoms with Crippen LogP contribution in [0.1, 0.15) is 37.8 Å². The molecular weight excluding hydrogens is 568 g/mol. The van der Waals surface area contributed by atoms with Crippen LogP contribution in [0, 0.1) is 0 Å². The maximum absolute atomic E-state index is 14.5. The van der Waals surface area contributed by atoms with Gasteiger partial charge in [-0.1, -0.05) is 109 Å². The summed E-state index contributed by atoms with van der Waals surface area (Å²) >= 11 is 0. The van der Waals surface area contributed by atoms with E-state index in [9.17, 15) is 4.79 Å². The number of allylic oxidation sites excluding steroid dienone is 10. The average Bonchev–Trinajstić information content (AvgIpc) is 3.07. The molecule has 0 aliphatic heterocycles. The van der Waals surface area contributed by atoms with E-state index in [4.69, 9.17) is 9.47 Å². The summed E-state index contributed by atoms with van der Waals surface area (Å²) < 4.78 is 12.3. The maximum Gasteiger partial charge on any atom is 0.193 e. The number of carbonyl (C=O) groups excluding carboxylic acids is 1. The monoisotopic (exact) mass is 616 g/mol. The Hall–Kier alpha value is -4.13. The summed E-state index contributed by atoms with van der Waals surface area (Å²) in [6, 6.07) is 20.1. The first kappa shape index (κ1) is 34.7. The zero-order chi connectivity index (χ0) is 33.0. The number of ether oxygens (including phenoxy) is 2. The second-order valence-electron chi connectivity index (χ2n) is 11.8. The van der Waals surface area contributed by atoms with Crippen LogP contribution >= 0.6 is 0 Å². The molecule has 0 heterocycles. The van der Waals surface area contributed by atoms with Crippen molar-refractivity contribution in [1.82, 2.24) is 9.80 Å². The fraction of sp³-hybridized carbons (Fsp3) is 0.293. The van der Waals surface area contributed by atoms with Crippen molar-refractivity contribution in [2.75, 3.05) is 41.4 Å². The first-order chi connectivity index (χ1) is 22.2. The van der Waals surface area contributed by atoms with Gasteiger partial charge in [-0.2, -0.15) is 0 Å². The van der Waals surface area contributed by atoms with E-state index in [0.29, 0.717) is 37.2 Å². The Morgan fingerprint density at radius 2 is 1.07 bits per heavy atom. The molecule has 0 spiro atoms. The molecule has 46 heavy (non-hydrogen) atoms. The summed E-state index contributed by atoms with van der Waals surface area (Å²) in [7, 11) is 8.09. The number of hydrogen-bond acceptors (Lipinski definition) is 5. The van der Waals surface area contributed by atoms with Crippen LogP contribution in [0.5, 0.6) is 0 Å². The quantitative estimate of drug-likeness (QED) is 0.122. The molecule has 2 aliphatic rings. The van der Waals surface area contributed by atoms with Gasteiger partial charge in [0, 0.05) is 37.2 Å². The number of Topliss-reactive ketones (excluding diaryl/α,β-unsaturated/α-hetero) is 1. The molecule has 2 aromatic carbocycles. The Morgan fingerprint density at radius 3 is 1.37 bits per heavy atom. The summed E-state index contributed by atoms with van der Waals surface area (Å²) in [5, 5.41) is 0. The van der Waals surface area contributed by atoms with E-state index in [2.05, 4.69) is 34.1 Å². The van der Waals surface area contributed by atoms with Crippen molar-refractivity contribution in [1.29, 1.82) is 0 Å². The molecule has 0 radical (unpaired) electrons. The fourth-order valence-corrected chi connectivity index (χ4v) is 5.51. The summed E-state index contributed by atoms with van der Waals surface area (Å²) in [6.07, 6.45) is 25.7. The van der Waals surface area contributed by atoms with Crippen molar-refractivity contribution in [3.05, 3.63) is 155 Å². The van der Waals surface area contributed by atoms with Crippen LogP contribution in [0.15, 0.2) is 144 Å². The van der Waals surface area contributed by atoms with Gasteiger partial charge >= 0.3 is 0 Å². The number of rotatable bonds is 14. The zero-order valence-corrected chi connectivity index (χ0v) is 28.1. The van der Waals surface area contributed by atoms with Crippen molar-refractivity contribution < 1.29 is 14.3 Å². The Bertz CT molecular complexity index is 1450. The van der Waals surface area contributed by atoms with Crippen LogP contribution in [0.4, 0.5) is 0 Å². The fourth-order valence-electron chi connectivity index (χ4n) is 5.51. The molecule has 2 unspecified atom stereocenters. The number of carbonyl (C=O) groups is 1. The number of ketones is 1. The van der Waals surface area contributed by atoms with E-state index >= 15 is 0 Å². The zero-order valence-electron chi connectivity index (χ0n) is 28.1. The Labute approximate surface area is 275 Å². The minimum Gasteiger partial charge on any atom is -0.357 e. The number of hydrogen-bond donors (Lipinski definition) is 0. The van der Waals surface area contributed by atoms with Gasteiger partial charge in [0.2, 0.25) is 0 Å². The summed E-state index contributed by atoms with van der Waals surface area (Å²) in [6.45, 7) is 5.23. The second-order valence-corrected chi connectivity index (χ2v) is 11.8. The van der Waals surface area contributed by atoms with Crippen molar-refractivity contribution in [3.63, 3.8) is 0 Å². The van der Waals surface area contributed by atoms with Crippen LogP contribution < -0.4 is 0 Å². The molecule has 0 aromatic heterocycles. The summed E-state index contributed by atoms with van der Waals surface area (Å²) in [4.78, 5) is 18.7. The van der Waals surface area contributed by atoms with Crippen molar-refractivity contribution >= 4 is 17.9 Å². The molecule has 0 amide bonds. The third-order valence-electron chi connectivity index (χ3n) is 8.31. The first-order valence-electron chi connectivity index (χ1n) is 16.1. The average molecular weight is 617 g/mol. The standard InChI is InChI=1S/C41H48N2O3/c1-7-45-40(42(3)4)27-23-35(24-28-40)31-37(21-19-33-15-11-9-12-16-33)39(44)38(22-20-34-17-13-10-14-18-34)32-36-25-29-41(30-26-36,43(5)6)46-8-2/h9-27,29,31-32H,7-8,28,30H2,1-6H3. The lowest BCUT2D eigenvalue weighted by Crippen LogP contribution is -2.45. The molecule has 0 bridgehead atoms. The maximum atomic E-state index is 14.5. The van der Waals surface area contributed by atoms with E-state index in [0.717, 1.165) is 22.3 Å². The third-order valence-corrected chi connectivity index (χ3v) is 8.31. The highest BCUT2D eigenvalue weighted by atomic mass is 16.5. The predicted molar refractivity (Wildman–Crippen MR) is 192 cm³/mol. The third kappa shape index (κ3) is 8.99. The molecule has 5 heteroatoms. The lowest BCUT2D eigenvalue weighted by atomic mass is 9.92. The topological polar surface area (TPSA) is 42.0 Å². The molecule has 5 nitrogen and oxygen atoms in total. The van der Waals surface area contributed by atoms with E-state index in [1.807, 2.05) is 151 Å². The molecular formula is C41H48N2O3. The number of likely N-dealkylation sites (N-methyl/N-ethyl adjacent to an activating group) is 2. The SMILES string of the molecule is CCOC1(N(C)C)C=CC(C=C(C=Cc2ccccc2)C(=O)C(C=Cc2ccccc2)=CC2=CCC(OCC)(N(C)C)C=C2)=CC1. The number of benzene rings is 2. The molecule has 2 aromatic rings. The van der Waals surface area contributed by atoms with Crippen LogP contribution in [0.3, 0.4) is 0 Å². The minimum atomic E-state index is -0.497. The highest BCUT2D eigenvalue weighted by Crippen LogP contribution is 2.30. The highest BCUT2D eigenvalue weighted by Gasteiger charge is 2.32. The Morgan fingerprint density at radius 1 is 0.674 bits per heavy atom. The van der Waals surface area contributed by atoms with E-state index in [-0.39, 0.29) is 5.78 Å². The molecule has 0 saturated heterocycles. The molecule has 2 aliphatic carbocycles. The van der Waals surface area contributed by atoms with Crippen molar-refractivity contribution in [2.24, 2.45) is 0 Å². The lowest BCUT2D eigenvalue weighted by molar-refractivity contribution is -0.111. The van der Waals surface area contributed by atoms with Gasteiger partial charge in [-0.05, 0) is 88.6 Å². The van der Waals surface area contributed by atoms with Gasteiger partial charge in [0.15, 0.2) is 5.78 Å².